The van der Waals surface area contributed by atoms with Gasteiger partial charge in [-0.3, -0.25) is 9.69 Å². The molecule has 0 spiro atoms. The number of aliphatic hydroxyl groups is 1. The van der Waals surface area contributed by atoms with E-state index in [4.69, 9.17) is 10.5 Å². The highest BCUT2D eigenvalue weighted by atomic mass is 16.5. The molecule has 1 aliphatic rings. The van der Waals surface area contributed by atoms with Gasteiger partial charge in [0.2, 0.25) is 5.91 Å². The van der Waals surface area contributed by atoms with E-state index >= 15 is 0 Å². The predicted octanol–water partition coefficient (Wildman–Crippen LogP) is -0.341. The first kappa shape index (κ1) is 15.8. The third kappa shape index (κ3) is 4.70. The van der Waals surface area contributed by atoms with Gasteiger partial charge in [0, 0.05) is 33.2 Å². The molecular weight excluding hydrogens is 270 g/mol. The molecule has 0 aromatic heterocycles. The molecule has 0 aliphatic carbocycles. The van der Waals surface area contributed by atoms with Gasteiger partial charge >= 0.3 is 0 Å². The van der Waals surface area contributed by atoms with Crippen molar-refractivity contribution >= 4 is 5.91 Å². The Morgan fingerprint density at radius 1 is 1.33 bits per heavy atom. The summed E-state index contributed by atoms with van der Waals surface area (Å²) in [6, 6.07) is 7.49. The van der Waals surface area contributed by atoms with Crippen molar-refractivity contribution in [3.05, 3.63) is 29.8 Å². The molecule has 1 fully saturated rings. The number of likely N-dealkylation sites (N-methyl/N-ethyl adjacent to an activating group) is 1. The van der Waals surface area contributed by atoms with Gasteiger partial charge in [-0.2, -0.15) is 0 Å². The first-order valence-corrected chi connectivity index (χ1v) is 7.14. The largest absolute Gasteiger partial charge is 0.491 e. The van der Waals surface area contributed by atoms with Crippen LogP contribution in [0.5, 0.6) is 5.75 Å². The highest BCUT2D eigenvalue weighted by Gasteiger charge is 2.22. The van der Waals surface area contributed by atoms with Crippen LogP contribution in [0.25, 0.3) is 0 Å². The van der Waals surface area contributed by atoms with Crippen molar-refractivity contribution in [1.29, 1.82) is 0 Å². The van der Waals surface area contributed by atoms with Gasteiger partial charge in [-0.1, -0.05) is 12.1 Å². The van der Waals surface area contributed by atoms with E-state index in [9.17, 15) is 9.90 Å². The fraction of sp³-hybridized carbons (Fsp3) is 0.533. The third-order valence-corrected chi connectivity index (χ3v) is 3.61. The van der Waals surface area contributed by atoms with E-state index in [-0.39, 0.29) is 12.5 Å². The second kappa shape index (κ2) is 7.40. The summed E-state index contributed by atoms with van der Waals surface area (Å²) >= 11 is 0. The highest BCUT2D eigenvalue weighted by Crippen LogP contribution is 2.12. The minimum atomic E-state index is -0.615. The van der Waals surface area contributed by atoms with E-state index in [0.717, 1.165) is 12.1 Å². The maximum absolute atomic E-state index is 11.6. The maximum atomic E-state index is 11.6. The molecule has 6 nitrogen and oxygen atoms in total. The van der Waals surface area contributed by atoms with Crippen LogP contribution < -0.4 is 10.5 Å². The van der Waals surface area contributed by atoms with Gasteiger partial charge in [-0.25, -0.2) is 0 Å². The van der Waals surface area contributed by atoms with E-state index in [1.165, 1.54) is 0 Å². The summed E-state index contributed by atoms with van der Waals surface area (Å²) in [5.74, 6) is 0.799. The summed E-state index contributed by atoms with van der Waals surface area (Å²) in [6.07, 6.45) is -0.615. The molecule has 0 bridgehead atoms. The average molecular weight is 293 g/mol. The SMILES string of the molecule is CN1CCN(CC(O)COc2ccc(CN)cc2)CC1=O. The van der Waals surface area contributed by atoms with Crippen LogP contribution in [0, 0.1) is 0 Å². The molecule has 1 unspecified atom stereocenters. The number of hydrogen-bond acceptors (Lipinski definition) is 5. The second-order valence-electron chi connectivity index (χ2n) is 5.36. The Kier molecular flexibility index (Phi) is 5.55. The van der Waals surface area contributed by atoms with Crippen LogP contribution in [0.3, 0.4) is 0 Å². The topological polar surface area (TPSA) is 79.0 Å². The van der Waals surface area contributed by atoms with Crippen molar-refractivity contribution in [2.75, 3.05) is 39.8 Å². The Balaban J connectivity index is 1.74. The van der Waals surface area contributed by atoms with Crippen molar-refractivity contribution in [3.8, 4) is 5.75 Å². The van der Waals surface area contributed by atoms with E-state index in [0.29, 0.717) is 31.9 Å². The van der Waals surface area contributed by atoms with Gasteiger partial charge in [-0.05, 0) is 17.7 Å². The van der Waals surface area contributed by atoms with Gasteiger partial charge < -0.3 is 20.5 Å². The lowest BCUT2D eigenvalue weighted by Gasteiger charge is -2.32. The molecule has 0 saturated carbocycles. The first-order chi connectivity index (χ1) is 10.1. The van der Waals surface area contributed by atoms with E-state index in [1.807, 2.05) is 29.2 Å². The van der Waals surface area contributed by atoms with Crippen molar-refractivity contribution in [2.24, 2.45) is 5.73 Å². The van der Waals surface area contributed by atoms with Crippen molar-refractivity contribution in [2.45, 2.75) is 12.6 Å². The fourth-order valence-corrected chi connectivity index (χ4v) is 2.23. The predicted molar refractivity (Wildman–Crippen MR) is 79.9 cm³/mol. The van der Waals surface area contributed by atoms with Gasteiger partial charge in [-0.15, -0.1) is 0 Å². The Bertz CT molecular complexity index is 464. The summed E-state index contributed by atoms with van der Waals surface area (Å²) in [4.78, 5) is 15.2. The summed E-state index contributed by atoms with van der Waals surface area (Å²) < 4.78 is 5.54. The Labute approximate surface area is 125 Å². The molecular formula is C15H23N3O3. The highest BCUT2D eigenvalue weighted by molar-refractivity contribution is 5.78. The van der Waals surface area contributed by atoms with Gasteiger partial charge in [0.1, 0.15) is 18.5 Å². The molecule has 21 heavy (non-hydrogen) atoms. The summed E-state index contributed by atoms with van der Waals surface area (Å²) in [5, 5.41) is 10.0. The van der Waals surface area contributed by atoms with E-state index in [1.54, 1.807) is 11.9 Å². The standard InChI is InChI=1S/C15H23N3O3/c1-17-6-7-18(10-15(17)20)9-13(19)11-21-14-4-2-12(8-16)3-5-14/h2-5,13,19H,6-11,16H2,1H3. The molecule has 1 aromatic rings. The zero-order valence-electron chi connectivity index (χ0n) is 12.4. The molecule has 6 heteroatoms. The van der Waals surface area contributed by atoms with Crippen LogP contribution in [0.2, 0.25) is 0 Å². The molecule has 1 atom stereocenters. The van der Waals surface area contributed by atoms with Gasteiger partial charge in [0.05, 0.1) is 6.54 Å². The molecule has 116 valence electrons. The number of ether oxygens (including phenoxy) is 1. The number of carbonyl (C=O) groups excluding carboxylic acids is 1. The number of benzene rings is 1. The number of β-amino-alcohol motifs (C(OH)–C–C–N with tert-alkyl or cyclic N) is 1. The number of rotatable bonds is 6. The second-order valence-corrected chi connectivity index (χ2v) is 5.36. The first-order valence-electron chi connectivity index (χ1n) is 7.14. The molecule has 2 rings (SSSR count). The summed E-state index contributed by atoms with van der Waals surface area (Å²) in [5.41, 5.74) is 6.57. The van der Waals surface area contributed by atoms with Crippen LogP contribution in [-0.2, 0) is 11.3 Å². The van der Waals surface area contributed by atoms with E-state index < -0.39 is 6.10 Å². The number of hydrogen-bond donors (Lipinski definition) is 2. The molecule has 0 radical (unpaired) electrons. The van der Waals surface area contributed by atoms with Crippen molar-refractivity contribution < 1.29 is 14.6 Å². The lowest BCUT2D eigenvalue weighted by Crippen LogP contribution is -2.51. The molecule has 3 N–H and O–H groups in total. The third-order valence-electron chi connectivity index (χ3n) is 3.61. The maximum Gasteiger partial charge on any atom is 0.236 e. The van der Waals surface area contributed by atoms with Crippen molar-refractivity contribution in [3.63, 3.8) is 0 Å². The number of carbonyl (C=O) groups is 1. The van der Waals surface area contributed by atoms with Crippen LogP contribution in [-0.4, -0.2) is 66.8 Å². The van der Waals surface area contributed by atoms with Gasteiger partial charge in [0.15, 0.2) is 0 Å². The van der Waals surface area contributed by atoms with Gasteiger partial charge in [0.25, 0.3) is 0 Å². The van der Waals surface area contributed by atoms with E-state index in [2.05, 4.69) is 0 Å². The Morgan fingerprint density at radius 3 is 2.67 bits per heavy atom. The molecule has 1 amide bonds. The summed E-state index contributed by atoms with van der Waals surface area (Å²) in [7, 11) is 1.80. The molecule has 1 aromatic carbocycles. The fourth-order valence-electron chi connectivity index (χ4n) is 2.23. The Hall–Kier alpha value is -1.63. The summed E-state index contributed by atoms with van der Waals surface area (Å²) in [6.45, 7) is 3.00. The number of nitrogens with zero attached hydrogens (tertiary/aromatic N) is 2. The number of aliphatic hydroxyl groups excluding tert-OH is 1. The zero-order valence-corrected chi connectivity index (χ0v) is 12.4. The quantitative estimate of drug-likeness (QED) is 0.750. The zero-order chi connectivity index (χ0) is 15.2. The number of piperazine rings is 1. The monoisotopic (exact) mass is 293 g/mol. The minimum absolute atomic E-state index is 0.0896. The van der Waals surface area contributed by atoms with Crippen molar-refractivity contribution in [1.82, 2.24) is 9.80 Å². The molecule has 1 heterocycles. The lowest BCUT2D eigenvalue weighted by atomic mass is 10.2. The number of amides is 1. The Morgan fingerprint density at radius 2 is 2.05 bits per heavy atom. The van der Waals surface area contributed by atoms with Crippen LogP contribution in [0.4, 0.5) is 0 Å². The molecule has 1 aliphatic heterocycles. The minimum Gasteiger partial charge on any atom is -0.491 e. The van der Waals surface area contributed by atoms with Crippen LogP contribution >= 0.6 is 0 Å². The van der Waals surface area contributed by atoms with Crippen LogP contribution in [0.1, 0.15) is 5.56 Å². The normalized spacial score (nSPS) is 17.9. The molecule has 1 saturated heterocycles. The lowest BCUT2D eigenvalue weighted by molar-refractivity contribution is -0.135. The van der Waals surface area contributed by atoms with Crippen LogP contribution in [0.15, 0.2) is 24.3 Å². The average Bonchev–Trinajstić information content (AvgIpc) is 2.49. The number of nitrogens with two attached hydrogens (primary N) is 1. The smallest absolute Gasteiger partial charge is 0.236 e.